The predicted molar refractivity (Wildman–Crippen MR) is 80.4 cm³/mol. The first kappa shape index (κ1) is 15.1. The van der Waals surface area contributed by atoms with E-state index in [1.807, 2.05) is 13.0 Å². The molecule has 1 aromatic heterocycles. The lowest BCUT2D eigenvalue weighted by atomic mass is 9.93. The second kappa shape index (κ2) is 6.93. The molecule has 2 unspecified atom stereocenters. The molecule has 20 heavy (non-hydrogen) atoms. The molecular formula is C16H26N2O2. The third-order valence-corrected chi connectivity index (χ3v) is 3.86. The highest BCUT2D eigenvalue weighted by molar-refractivity contribution is 5.34. The van der Waals surface area contributed by atoms with Crippen LogP contribution in [0.15, 0.2) is 12.3 Å². The number of pyridine rings is 1. The molecule has 2 atom stereocenters. The SMILES string of the molecule is COc1cnc(C)c(OC(CC(C)C)C2CCNC2)c1. The Bertz CT molecular complexity index is 428. The summed E-state index contributed by atoms with van der Waals surface area (Å²) in [6, 6.07) is 1.94. The Morgan fingerprint density at radius 1 is 1.45 bits per heavy atom. The molecule has 1 saturated heterocycles. The number of methoxy groups -OCH3 is 1. The van der Waals surface area contributed by atoms with E-state index in [9.17, 15) is 0 Å². The molecule has 0 spiro atoms. The molecule has 2 rings (SSSR count). The van der Waals surface area contributed by atoms with Gasteiger partial charge in [0.25, 0.3) is 0 Å². The molecule has 0 bridgehead atoms. The van der Waals surface area contributed by atoms with Crippen LogP contribution in [-0.4, -0.2) is 31.3 Å². The van der Waals surface area contributed by atoms with Gasteiger partial charge in [0.2, 0.25) is 0 Å². The van der Waals surface area contributed by atoms with Crippen LogP contribution in [0.1, 0.15) is 32.4 Å². The Morgan fingerprint density at radius 2 is 2.25 bits per heavy atom. The Balaban J connectivity index is 2.13. The lowest BCUT2D eigenvalue weighted by Crippen LogP contribution is -2.30. The largest absolute Gasteiger partial charge is 0.495 e. The molecule has 1 aliphatic heterocycles. The highest BCUT2D eigenvalue weighted by atomic mass is 16.5. The fourth-order valence-electron chi connectivity index (χ4n) is 2.68. The fourth-order valence-corrected chi connectivity index (χ4v) is 2.68. The predicted octanol–water partition coefficient (Wildman–Crippen LogP) is 2.80. The number of nitrogens with one attached hydrogen (secondary N) is 1. The van der Waals surface area contributed by atoms with E-state index in [1.165, 1.54) is 6.42 Å². The van der Waals surface area contributed by atoms with E-state index in [4.69, 9.17) is 9.47 Å². The van der Waals surface area contributed by atoms with Gasteiger partial charge in [-0.25, -0.2) is 0 Å². The molecule has 1 N–H and O–H groups in total. The maximum atomic E-state index is 6.30. The van der Waals surface area contributed by atoms with Crippen molar-refractivity contribution in [2.45, 2.75) is 39.7 Å². The second-order valence-electron chi connectivity index (χ2n) is 6.00. The van der Waals surface area contributed by atoms with Gasteiger partial charge in [-0.3, -0.25) is 4.98 Å². The molecule has 0 aliphatic carbocycles. The van der Waals surface area contributed by atoms with Gasteiger partial charge in [0.05, 0.1) is 19.0 Å². The molecule has 1 aromatic rings. The summed E-state index contributed by atoms with van der Waals surface area (Å²) in [6.07, 6.45) is 4.24. The van der Waals surface area contributed by atoms with Crippen LogP contribution in [-0.2, 0) is 0 Å². The van der Waals surface area contributed by atoms with Crippen molar-refractivity contribution < 1.29 is 9.47 Å². The lowest BCUT2D eigenvalue weighted by Gasteiger charge is -2.26. The van der Waals surface area contributed by atoms with Crippen LogP contribution < -0.4 is 14.8 Å². The van der Waals surface area contributed by atoms with Gasteiger partial charge in [-0.2, -0.15) is 0 Å². The highest BCUT2D eigenvalue weighted by Gasteiger charge is 2.27. The first-order valence-electron chi connectivity index (χ1n) is 7.48. The van der Waals surface area contributed by atoms with E-state index < -0.39 is 0 Å². The van der Waals surface area contributed by atoms with Crippen LogP contribution in [0.5, 0.6) is 11.5 Å². The first-order valence-corrected chi connectivity index (χ1v) is 7.48. The summed E-state index contributed by atoms with van der Waals surface area (Å²) < 4.78 is 11.5. The zero-order chi connectivity index (χ0) is 14.5. The monoisotopic (exact) mass is 278 g/mol. The molecule has 2 heterocycles. The van der Waals surface area contributed by atoms with Crippen molar-refractivity contribution in [3.8, 4) is 11.5 Å². The van der Waals surface area contributed by atoms with Crippen molar-refractivity contribution >= 4 is 0 Å². The zero-order valence-corrected chi connectivity index (χ0v) is 13.0. The zero-order valence-electron chi connectivity index (χ0n) is 13.0. The standard InChI is InChI=1S/C16H26N2O2/c1-11(2)7-16(13-5-6-17-9-13)20-15-8-14(19-4)10-18-12(15)3/h8,10-11,13,16-17H,5-7,9H2,1-4H3. The summed E-state index contributed by atoms with van der Waals surface area (Å²) in [7, 11) is 1.66. The summed E-state index contributed by atoms with van der Waals surface area (Å²) in [5.41, 5.74) is 0.922. The maximum absolute atomic E-state index is 6.30. The number of hydrogen-bond acceptors (Lipinski definition) is 4. The van der Waals surface area contributed by atoms with Gasteiger partial charge < -0.3 is 14.8 Å². The first-order chi connectivity index (χ1) is 9.60. The highest BCUT2D eigenvalue weighted by Crippen LogP contribution is 2.28. The van der Waals surface area contributed by atoms with Crippen molar-refractivity contribution in [2.24, 2.45) is 11.8 Å². The van der Waals surface area contributed by atoms with Crippen LogP contribution in [0, 0.1) is 18.8 Å². The number of aryl methyl sites for hydroxylation is 1. The summed E-state index contributed by atoms with van der Waals surface area (Å²) in [5, 5.41) is 3.43. The van der Waals surface area contributed by atoms with E-state index in [2.05, 4.69) is 24.1 Å². The molecule has 0 aromatic carbocycles. The second-order valence-corrected chi connectivity index (χ2v) is 6.00. The molecule has 112 valence electrons. The third kappa shape index (κ3) is 3.85. The molecular weight excluding hydrogens is 252 g/mol. The maximum Gasteiger partial charge on any atom is 0.144 e. The van der Waals surface area contributed by atoms with Crippen LogP contribution in [0.4, 0.5) is 0 Å². The third-order valence-electron chi connectivity index (χ3n) is 3.86. The van der Waals surface area contributed by atoms with Crippen molar-refractivity contribution in [1.82, 2.24) is 10.3 Å². The number of aromatic nitrogens is 1. The number of rotatable bonds is 6. The van der Waals surface area contributed by atoms with Crippen molar-refractivity contribution in [3.05, 3.63) is 18.0 Å². The van der Waals surface area contributed by atoms with Crippen molar-refractivity contribution in [3.63, 3.8) is 0 Å². The van der Waals surface area contributed by atoms with Crippen LogP contribution in [0.2, 0.25) is 0 Å². The summed E-state index contributed by atoms with van der Waals surface area (Å²) >= 11 is 0. The molecule has 1 aliphatic rings. The van der Waals surface area contributed by atoms with E-state index in [-0.39, 0.29) is 6.10 Å². The molecule has 0 amide bonds. The van der Waals surface area contributed by atoms with Crippen molar-refractivity contribution in [2.75, 3.05) is 20.2 Å². The number of ether oxygens (including phenoxy) is 2. The van der Waals surface area contributed by atoms with E-state index in [1.54, 1.807) is 13.3 Å². The normalized spacial score (nSPS) is 20.1. The van der Waals surface area contributed by atoms with Crippen LogP contribution >= 0.6 is 0 Å². The smallest absolute Gasteiger partial charge is 0.144 e. The Kier molecular flexibility index (Phi) is 5.24. The summed E-state index contributed by atoms with van der Waals surface area (Å²) in [5.74, 6) is 2.81. The fraction of sp³-hybridized carbons (Fsp3) is 0.688. The van der Waals surface area contributed by atoms with Crippen LogP contribution in [0.3, 0.4) is 0 Å². The quantitative estimate of drug-likeness (QED) is 0.869. The van der Waals surface area contributed by atoms with Gasteiger partial charge in [-0.05, 0) is 32.2 Å². The van der Waals surface area contributed by atoms with Gasteiger partial charge >= 0.3 is 0 Å². The van der Waals surface area contributed by atoms with Gasteiger partial charge in [-0.1, -0.05) is 13.8 Å². The van der Waals surface area contributed by atoms with Crippen LogP contribution in [0.25, 0.3) is 0 Å². The van der Waals surface area contributed by atoms with Gasteiger partial charge in [0, 0.05) is 18.5 Å². The minimum atomic E-state index is 0.248. The molecule has 0 radical (unpaired) electrons. The van der Waals surface area contributed by atoms with Gasteiger partial charge in [-0.15, -0.1) is 0 Å². The summed E-state index contributed by atoms with van der Waals surface area (Å²) in [6.45, 7) is 8.62. The Morgan fingerprint density at radius 3 is 2.85 bits per heavy atom. The molecule has 4 heteroatoms. The molecule has 4 nitrogen and oxygen atoms in total. The minimum absolute atomic E-state index is 0.248. The average molecular weight is 278 g/mol. The van der Waals surface area contributed by atoms with E-state index in [0.29, 0.717) is 11.8 Å². The van der Waals surface area contributed by atoms with E-state index >= 15 is 0 Å². The summed E-state index contributed by atoms with van der Waals surface area (Å²) in [4.78, 5) is 4.34. The molecule has 0 saturated carbocycles. The number of nitrogens with zero attached hydrogens (tertiary/aromatic N) is 1. The topological polar surface area (TPSA) is 43.4 Å². The minimum Gasteiger partial charge on any atom is -0.495 e. The van der Waals surface area contributed by atoms with Gasteiger partial charge in [0.15, 0.2) is 0 Å². The molecule has 1 fully saturated rings. The van der Waals surface area contributed by atoms with Crippen molar-refractivity contribution in [1.29, 1.82) is 0 Å². The van der Waals surface area contributed by atoms with E-state index in [0.717, 1.165) is 36.7 Å². The Labute approximate surface area is 121 Å². The van der Waals surface area contributed by atoms with Gasteiger partial charge in [0.1, 0.15) is 17.6 Å². The average Bonchev–Trinajstić information content (AvgIpc) is 2.94. The number of hydrogen-bond donors (Lipinski definition) is 1. The Hall–Kier alpha value is -1.29. The lowest BCUT2D eigenvalue weighted by molar-refractivity contribution is 0.118.